The highest BCUT2D eigenvalue weighted by atomic mass is 35.5. The van der Waals surface area contributed by atoms with Crippen molar-refractivity contribution < 1.29 is 0 Å². The molecular formula is C22H23Cl. The first-order valence-electron chi connectivity index (χ1n) is 8.55. The lowest BCUT2D eigenvalue weighted by atomic mass is 9.98. The second-order valence-corrected chi connectivity index (χ2v) is 6.65. The monoisotopic (exact) mass is 322 g/mol. The third-order valence-electron chi connectivity index (χ3n) is 4.40. The molecule has 0 nitrogen and oxygen atoms in total. The summed E-state index contributed by atoms with van der Waals surface area (Å²) in [7, 11) is 0. The van der Waals surface area contributed by atoms with E-state index in [9.17, 15) is 0 Å². The summed E-state index contributed by atoms with van der Waals surface area (Å²) >= 11 is 5.97. The summed E-state index contributed by atoms with van der Waals surface area (Å²) in [5.74, 6) is 0. The van der Waals surface area contributed by atoms with Gasteiger partial charge in [-0.2, -0.15) is 0 Å². The Morgan fingerprint density at radius 2 is 1.39 bits per heavy atom. The first-order chi connectivity index (χ1) is 11.3. The van der Waals surface area contributed by atoms with E-state index in [4.69, 9.17) is 11.6 Å². The highest BCUT2D eigenvalue weighted by Crippen LogP contribution is 2.26. The summed E-state index contributed by atoms with van der Waals surface area (Å²) in [5, 5.41) is 3.41. The molecule has 3 aromatic rings. The average Bonchev–Trinajstić information content (AvgIpc) is 2.59. The van der Waals surface area contributed by atoms with Gasteiger partial charge in [-0.25, -0.2) is 0 Å². The zero-order valence-corrected chi connectivity index (χ0v) is 14.4. The Balaban J connectivity index is 1.79. The van der Waals surface area contributed by atoms with Crippen molar-refractivity contribution in [1.82, 2.24) is 0 Å². The minimum atomic E-state index is 0.780. The van der Waals surface area contributed by atoms with Crippen LogP contribution in [0.15, 0.2) is 60.7 Å². The highest BCUT2D eigenvalue weighted by molar-refractivity contribution is 6.30. The molecule has 0 atom stereocenters. The zero-order chi connectivity index (χ0) is 16.1. The Labute approximate surface area is 144 Å². The van der Waals surface area contributed by atoms with Crippen molar-refractivity contribution in [3.63, 3.8) is 0 Å². The van der Waals surface area contributed by atoms with Crippen molar-refractivity contribution >= 4 is 22.4 Å². The molecule has 0 N–H and O–H groups in total. The van der Waals surface area contributed by atoms with Crippen LogP contribution in [0.2, 0.25) is 5.02 Å². The molecule has 0 bridgehead atoms. The van der Waals surface area contributed by atoms with Gasteiger partial charge in [-0.3, -0.25) is 0 Å². The van der Waals surface area contributed by atoms with Crippen LogP contribution < -0.4 is 0 Å². The third-order valence-corrected chi connectivity index (χ3v) is 4.65. The Bertz CT molecular complexity index is 772. The lowest BCUT2D eigenvalue weighted by molar-refractivity contribution is 0.667. The minimum Gasteiger partial charge on any atom is -0.0843 e. The maximum absolute atomic E-state index is 5.97. The molecule has 3 aromatic carbocycles. The first-order valence-corrected chi connectivity index (χ1v) is 8.93. The molecule has 118 valence electrons. The maximum Gasteiger partial charge on any atom is 0.0406 e. The van der Waals surface area contributed by atoms with Crippen LogP contribution in [0.25, 0.3) is 21.9 Å². The molecule has 3 rings (SSSR count). The molecule has 0 fully saturated rings. The smallest absolute Gasteiger partial charge is 0.0406 e. The van der Waals surface area contributed by atoms with Gasteiger partial charge in [0, 0.05) is 5.02 Å². The quantitative estimate of drug-likeness (QED) is 0.418. The second-order valence-electron chi connectivity index (χ2n) is 6.21. The normalized spacial score (nSPS) is 11.0. The predicted molar refractivity (Wildman–Crippen MR) is 102 cm³/mol. The summed E-state index contributed by atoms with van der Waals surface area (Å²) in [4.78, 5) is 0. The number of hydrogen-bond acceptors (Lipinski definition) is 0. The van der Waals surface area contributed by atoms with E-state index in [2.05, 4.69) is 55.5 Å². The number of halogens is 1. The number of aryl methyl sites for hydroxylation is 1. The molecule has 0 saturated carbocycles. The van der Waals surface area contributed by atoms with E-state index in [0.29, 0.717) is 0 Å². The van der Waals surface area contributed by atoms with Crippen molar-refractivity contribution in [2.24, 2.45) is 0 Å². The van der Waals surface area contributed by atoms with Crippen LogP contribution in [0.5, 0.6) is 0 Å². The van der Waals surface area contributed by atoms with Gasteiger partial charge in [0.25, 0.3) is 0 Å². The van der Waals surface area contributed by atoms with Gasteiger partial charge in [0.1, 0.15) is 0 Å². The van der Waals surface area contributed by atoms with E-state index >= 15 is 0 Å². The molecule has 0 radical (unpaired) electrons. The molecule has 0 heterocycles. The minimum absolute atomic E-state index is 0.780. The fourth-order valence-electron chi connectivity index (χ4n) is 3.03. The van der Waals surface area contributed by atoms with Gasteiger partial charge in [-0.15, -0.1) is 0 Å². The summed E-state index contributed by atoms with van der Waals surface area (Å²) in [6.45, 7) is 2.26. The van der Waals surface area contributed by atoms with Crippen LogP contribution in [0, 0.1) is 0 Å². The van der Waals surface area contributed by atoms with E-state index in [0.717, 1.165) is 5.02 Å². The van der Waals surface area contributed by atoms with Crippen LogP contribution in [0.4, 0.5) is 0 Å². The fraction of sp³-hybridized carbons (Fsp3) is 0.273. The maximum atomic E-state index is 5.97. The summed E-state index contributed by atoms with van der Waals surface area (Å²) in [6.07, 6.45) is 6.46. The Hall–Kier alpha value is -1.79. The SMILES string of the molecule is CCCCCCc1ccc2cc(-c3ccc(Cl)cc3)ccc2c1. The molecular weight excluding hydrogens is 300 g/mol. The van der Waals surface area contributed by atoms with E-state index in [1.165, 1.54) is 59.6 Å². The van der Waals surface area contributed by atoms with Crippen LogP contribution >= 0.6 is 11.6 Å². The molecule has 0 unspecified atom stereocenters. The Morgan fingerprint density at radius 1 is 0.696 bits per heavy atom. The molecule has 0 amide bonds. The summed E-state index contributed by atoms with van der Waals surface area (Å²) < 4.78 is 0. The van der Waals surface area contributed by atoms with E-state index in [-0.39, 0.29) is 0 Å². The Kier molecular flexibility index (Phi) is 5.35. The van der Waals surface area contributed by atoms with Gasteiger partial charge < -0.3 is 0 Å². The number of fused-ring (bicyclic) bond motifs is 1. The molecule has 0 aromatic heterocycles. The van der Waals surface area contributed by atoms with Crippen molar-refractivity contribution in [1.29, 1.82) is 0 Å². The lowest BCUT2D eigenvalue weighted by Crippen LogP contribution is -1.87. The van der Waals surface area contributed by atoms with Gasteiger partial charge in [0.2, 0.25) is 0 Å². The van der Waals surface area contributed by atoms with E-state index < -0.39 is 0 Å². The number of benzene rings is 3. The molecule has 23 heavy (non-hydrogen) atoms. The summed E-state index contributed by atoms with van der Waals surface area (Å²) in [5.41, 5.74) is 3.90. The molecule has 0 saturated heterocycles. The molecule has 1 heteroatoms. The van der Waals surface area contributed by atoms with Crippen molar-refractivity contribution in [3.05, 3.63) is 71.2 Å². The van der Waals surface area contributed by atoms with E-state index in [1.54, 1.807) is 0 Å². The fourth-order valence-corrected chi connectivity index (χ4v) is 3.15. The molecule has 0 spiro atoms. The zero-order valence-electron chi connectivity index (χ0n) is 13.7. The Morgan fingerprint density at radius 3 is 2.17 bits per heavy atom. The van der Waals surface area contributed by atoms with Gasteiger partial charge in [0.05, 0.1) is 0 Å². The number of rotatable bonds is 6. The van der Waals surface area contributed by atoms with Crippen LogP contribution in [0.3, 0.4) is 0 Å². The second kappa shape index (κ2) is 7.66. The molecule has 0 aliphatic rings. The predicted octanol–water partition coefficient (Wildman–Crippen LogP) is 7.28. The van der Waals surface area contributed by atoms with Gasteiger partial charge in [-0.05, 0) is 58.5 Å². The standard InChI is InChI=1S/C22H23Cl/c1-2-3-4-5-6-17-7-8-21-16-20(10-9-19(21)15-17)18-11-13-22(23)14-12-18/h7-16H,2-6H2,1H3. The van der Waals surface area contributed by atoms with Gasteiger partial charge >= 0.3 is 0 Å². The molecule has 0 aliphatic heterocycles. The average molecular weight is 323 g/mol. The molecule has 0 aliphatic carbocycles. The topological polar surface area (TPSA) is 0 Å². The van der Waals surface area contributed by atoms with Crippen molar-refractivity contribution in [2.75, 3.05) is 0 Å². The largest absolute Gasteiger partial charge is 0.0843 e. The van der Waals surface area contributed by atoms with E-state index in [1.807, 2.05) is 12.1 Å². The van der Waals surface area contributed by atoms with Gasteiger partial charge in [-0.1, -0.05) is 80.3 Å². The van der Waals surface area contributed by atoms with Crippen LogP contribution in [-0.2, 0) is 6.42 Å². The van der Waals surface area contributed by atoms with Crippen molar-refractivity contribution in [2.45, 2.75) is 39.0 Å². The van der Waals surface area contributed by atoms with Crippen LogP contribution in [0.1, 0.15) is 38.2 Å². The first kappa shape index (κ1) is 16.1. The van der Waals surface area contributed by atoms with Crippen molar-refractivity contribution in [3.8, 4) is 11.1 Å². The van der Waals surface area contributed by atoms with Gasteiger partial charge in [0.15, 0.2) is 0 Å². The number of unbranched alkanes of at least 4 members (excludes halogenated alkanes) is 3. The third kappa shape index (κ3) is 4.14. The summed E-state index contributed by atoms with van der Waals surface area (Å²) in [6, 6.07) is 21.6. The van der Waals surface area contributed by atoms with Crippen LogP contribution in [-0.4, -0.2) is 0 Å². The highest BCUT2D eigenvalue weighted by Gasteiger charge is 2.02. The lowest BCUT2D eigenvalue weighted by Gasteiger charge is -2.07. The number of hydrogen-bond donors (Lipinski definition) is 0.